The van der Waals surface area contributed by atoms with Crippen molar-refractivity contribution in [3.05, 3.63) is 35.9 Å². The minimum atomic E-state index is -0.229. The van der Waals surface area contributed by atoms with Gasteiger partial charge in [0.1, 0.15) is 0 Å². The molecule has 0 bridgehead atoms. The van der Waals surface area contributed by atoms with Crippen LogP contribution >= 0.6 is 0 Å². The van der Waals surface area contributed by atoms with Crippen molar-refractivity contribution in [3.63, 3.8) is 0 Å². The maximum absolute atomic E-state index is 13.3. The highest BCUT2D eigenvalue weighted by Crippen LogP contribution is 2.50. The van der Waals surface area contributed by atoms with E-state index < -0.39 is 0 Å². The summed E-state index contributed by atoms with van der Waals surface area (Å²) in [6.07, 6.45) is 3.08. The number of benzene rings is 1. The second-order valence-corrected chi connectivity index (χ2v) is 7.50. The molecule has 3 heteroatoms. The van der Waals surface area contributed by atoms with Crippen LogP contribution < -0.4 is 5.32 Å². The quantitative estimate of drug-likeness (QED) is 0.927. The molecule has 1 N–H and O–H groups in total. The summed E-state index contributed by atoms with van der Waals surface area (Å²) in [6.45, 7) is 8.42. The molecule has 1 aromatic rings. The van der Waals surface area contributed by atoms with E-state index in [4.69, 9.17) is 0 Å². The van der Waals surface area contributed by atoms with Crippen molar-refractivity contribution in [1.29, 1.82) is 0 Å². The van der Waals surface area contributed by atoms with Crippen LogP contribution in [0, 0.1) is 5.92 Å². The molecular weight excluding hydrogens is 272 g/mol. The lowest BCUT2D eigenvalue weighted by atomic mass is 9.91. The predicted molar refractivity (Wildman–Crippen MR) is 89.8 cm³/mol. The van der Waals surface area contributed by atoms with E-state index in [2.05, 4.69) is 55.3 Å². The van der Waals surface area contributed by atoms with Crippen molar-refractivity contribution < 1.29 is 4.79 Å². The molecule has 2 unspecified atom stereocenters. The lowest BCUT2D eigenvalue weighted by Gasteiger charge is -2.42. The summed E-state index contributed by atoms with van der Waals surface area (Å²) in [5.41, 5.74) is 0.975. The van der Waals surface area contributed by atoms with E-state index >= 15 is 0 Å². The smallest absolute Gasteiger partial charge is 0.233 e. The van der Waals surface area contributed by atoms with Crippen LogP contribution in [0.25, 0.3) is 0 Å². The van der Waals surface area contributed by atoms with E-state index in [-0.39, 0.29) is 5.41 Å². The molecule has 1 heterocycles. The van der Waals surface area contributed by atoms with Gasteiger partial charge in [0.05, 0.1) is 5.41 Å². The van der Waals surface area contributed by atoms with E-state index in [0.29, 0.717) is 23.9 Å². The Labute approximate surface area is 134 Å². The van der Waals surface area contributed by atoms with Gasteiger partial charge >= 0.3 is 0 Å². The van der Waals surface area contributed by atoms with Crippen LogP contribution in [0.5, 0.6) is 0 Å². The Morgan fingerprint density at radius 3 is 2.59 bits per heavy atom. The zero-order valence-corrected chi connectivity index (χ0v) is 14.0. The van der Waals surface area contributed by atoms with Gasteiger partial charge in [0, 0.05) is 25.2 Å². The van der Waals surface area contributed by atoms with Crippen LogP contribution in [0.1, 0.15) is 45.6 Å². The Morgan fingerprint density at radius 1 is 1.32 bits per heavy atom. The number of hydrogen-bond acceptors (Lipinski definition) is 2. The third kappa shape index (κ3) is 2.91. The van der Waals surface area contributed by atoms with Crippen LogP contribution in [0.3, 0.4) is 0 Å². The molecule has 1 saturated carbocycles. The van der Waals surface area contributed by atoms with Gasteiger partial charge < -0.3 is 10.2 Å². The molecular formula is C19H28N2O. The lowest BCUT2D eigenvalue weighted by Crippen LogP contribution is -2.59. The van der Waals surface area contributed by atoms with E-state index in [9.17, 15) is 4.79 Å². The second-order valence-electron chi connectivity index (χ2n) is 7.50. The molecule has 3 rings (SSSR count). The highest BCUT2D eigenvalue weighted by molar-refractivity contribution is 5.91. The summed E-state index contributed by atoms with van der Waals surface area (Å²) in [7, 11) is 0. The fourth-order valence-corrected chi connectivity index (χ4v) is 3.74. The standard InChI is InChI=1S/C19H28N2O/c1-14(2)11-17-12-20-15(3)13-21(17)18(22)19(9-10-19)16-7-5-4-6-8-16/h4-8,14-15,17,20H,9-13H2,1-3H3. The Kier molecular flexibility index (Phi) is 4.26. The molecule has 1 aliphatic heterocycles. The number of carbonyl (C=O) groups is 1. The first-order chi connectivity index (χ1) is 10.5. The summed E-state index contributed by atoms with van der Waals surface area (Å²) >= 11 is 0. The van der Waals surface area contributed by atoms with Crippen molar-refractivity contribution in [2.24, 2.45) is 5.92 Å². The van der Waals surface area contributed by atoms with Crippen LogP contribution in [-0.2, 0) is 10.2 Å². The van der Waals surface area contributed by atoms with Crippen LogP contribution in [-0.4, -0.2) is 36.0 Å². The molecule has 2 aliphatic rings. The molecule has 1 aromatic carbocycles. The molecule has 3 nitrogen and oxygen atoms in total. The molecule has 0 spiro atoms. The van der Waals surface area contributed by atoms with Gasteiger partial charge in [-0.1, -0.05) is 44.2 Å². The van der Waals surface area contributed by atoms with Crippen molar-refractivity contribution in [1.82, 2.24) is 10.2 Å². The summed E-state index contributed by atoms with van der Waals surface area (Å²) in [6, 6.07) is 11.1. The lowest BCUT2D eigenvalue weighted by molar-refractivity contribution is -0.138. The van der Waals surface area contributed by atoms with Gasteiger partial charge in [-0.05, 0) is 37.7 Å². The molecule has 2 fully saturated rings. The predicted octanol–water partition coefficient (Wildman–Crippen LogP) is 2.95. The Morgan fingerprint density at radius 2 is 2.00 bits per heavy atom. The number of piperazine rings is 1. The molecule has 1 aliphatic carbocycles. The maximum atomic E-state index is 13.3. The molecule has 0 radical (unpaired) electrons. The number of nitrogens with one attached hydrogen (secondary N) is 1. The van der Waals surface area contributed by atoms with Crippen LogP contribution in [0.4, 0.5) is 0 Å². The summed E-state index contributed by atoms with van der Waals surface area (Å²) in [5.74, 6) is 0.972. The topological polar surface area (TPSA) is 32.3 Å². The normalized spacial score (nSPS) is 27.0. The third-order valence-electron chi connectivity index (χ3n) is 5.10. The van der Waals surface area contributed by atoms with Crippen molar-refractivity contribution in [2.75, 3.05) is 13.1 Å². The highest BCUT2D eigenvalue weighted by atomic mass is 16.2. The average molecular weight is 300 g/mol. The molecule has 1 saturated heterocycles. The Balaban J connectivity index is 1.82. The van der Waals surface area contributed by atoms with E-state index in [1.807, 2.05) is 6.07 Å². The molecule has 2 atom stereocenters. The van der Waals surface area contributed by atoms with Crippen molar-refractivity contribution >= 4 is 5.91 Å². The number of amides is 1. The second kappa shape index (κ2) is 6.04. The first-order valence-electron chi connectivity index (χ1n) is 8.63. The average Bonchev–Trinajstić information content (AvgIpc) is 3.30. The van der Waals surface area contributed by atoms with Crippen molar-refractivity contribution in [3.8, 4) is 0 Å². The largest absolute Gasteiger partial charge is 0.336 e. The fourth-order valence-electron chi connectivity index (χ4n) is 3.74. The Bertz CT molecular complexity index is 521. The van der Waals surface area contributed by atoms with Gasteiger partial charge in [-0.2, -0.15) is 0 Å². The highest BCUT2D eigenvalue weighted by Gasteiger charge is 2.54. The number of nitrogens with zero attached hydrogens (tertiary/aromatic N) is 1. The zero-order chi connectivity index (χ0) is 15.7. The minimum absolute atomic E-state index is 0.229. The minimum Gasteiger partial charge on any atom is -0.336 e. The van der Waals surface area contributed by atoms with Crippen LogP contribution in [0.2, 0.25) is 0 Å². The third-order valence-corrected chi connectivity index (χ3v) is 5.10. The van der Waals surface area contributed by atoms with E-state index in [0.717, 1.165) is 32.4 Å². The molecule has 0 aromatic heterocycles. The van der Waals surface area contributed by atoms with E-state index in [1.54, 1.807) is 0 Å². The fraction of sp³-hybridized carbons (Fsp3) is 0.632. The monoisotopic (exact) mass is 300 g/mol. The van der Waals surface area contributed by atoms with Gasteiger partial charge in [-0.3, -0.25) is 4.79 Å². The van der Waals surface area contributed by atoms with Crippen molar-refractivity contribution in [2.45, 2.75) is 57.5 Å². The summed E-state index contributed by atoms with van der Waals surface area (Å²) in [5, 5.41) is 3.54. The van der Waals surface area contributed by atoms with E-state index in [1.165, 1.54) is 5.56 Å². The van der Waals surface area contributed by atoms with Gasteiger partial charge in [-0.25, -0.2) is 0 Å². The Hall–Kier alpha value is -1.35. The number of carbonyl (C=O) groups excluding carboxylic acids is 1. The zero-order valence-electron chi connectivity index (χ0n) is 14.0. The molecule has 22 heavy (non-hydrogen) atoms. The summed E-state index contributed by atoms with van der Waals surface area (Å²) in [4.78, 5) is 15.5. The molecule has 1 amide bonds. The molecule has 120 valence electrons. The number of rotatable bonds is 4. The van der Waals surface area contributed by atoms with Gasteiger partial charge in [-0.15, -0.1) is 0 Å². The first-order valence-corrected chi connectivity index (χ1v) is 8.63. The SMILES string of the molecule is CC(C)CC1CNC(C)CN1C(=O)C1(c2ccccc2)CC1. The van der Waals surface area contributed by atoms with Gasteiger partial charge in [0.2, 0.25) is 5.91 Å². The first kappa shape index (κ1) is 15.5. The summed E-state index contributed by atoms with van der Waals surface area (Å²) < 4.78 is 0. The van der Waals surface area contributed by atoms with Crippen LogP contribution in [0.15, 0.2) is 30.3 Å². The van der Waals surface area contributed by atoms with Gasteiger partial charge in [0.15, 0.2) is 0 Å². The number of hydrogen-bond donors (Lipinski definition) is 1. The maximum Gasteiger partial charge on any atom is 0.233 e. The van der Waals surface area contributed by atoms with Gasteiger partial charge in [0.25, 0.3) is 0 Å².